The lowest BCUT2D eigenvalue weighted by Gasteiger charge is -2.11. The van der Waals surface area contributed by atoms with E-state index < -0.39 is 0 Å². The van der Waals surface area contributed by atoms with Crippen molar-refractivity contribution in [3.8, 4) is 0 Å². The van der Waals surface area contributed by atoms with E-state index in [4.69, 9.17) is 0 Å². The van der Waals surface area contributed by atoms with Gasteiger partial charge >= 0.3 is 0 Å². The molecule has 0 aliphatic heterocycles. The van der Waals surface area contributed by atoms with E-state index in [1.54, 1.807) is 0 Å². The van der Waals surface area contributed by atoms with Crippen LogP contribution < -0.4 is 5.32 Å². The molecular formula is C11H21N. The quantitative estimate of drug-likeness (QED) is 0.635. The highest BCUT2D eigenvalue weighted by Crippen LogP contribution is 2.27. The Hall–Kier alpha value is -0.300. The van der Waals surface area contributed by atoms with Crippen LogP contribution in [0.4, 0.5) is 0 Å². The summed E-state index contributed by atoms with van der Waals surface area (Å²) in [7, 11) is 0. The molecule has 1 nitrogen and oxygen atoms in total. The summed E-state index contributed by atoms with van der Waals surface area (Å²) in [5, 5.41) is 3.51. The van der Waals surface area contributed by atoms with Crippen molar-refractivity contribution in [2.24, 2.45) is 11.8 Å². The molecule has 1 saturated carbocycles. The van der Waals surface area contributed by atoms with Gasteiger partial charge in [-0.1, -0.05) is 26.0 Å². The number of hydrogen-bond acceptors (Lipinski definition) is 1. The maximum absolute atomic E-state index is 4.02. The highest BCUT2D eigenvalue weighted by atomic mass is 14.9. The molecule has 0 radical (unpaired) electrons. The lowest BCUT2D eigenvalue weighted by atomic mass is 10.1. The summed E-state index contributed by atoms with van der Waals surface area (Å²) in [5.41, 5.74) is 1.45. The molecule has 0 aromatic carbocycles. The predicted molar refractivity (Wildman–Crippen MR) is 54.2 cm³/mol. The molecule has 0 heterocycles. The van der Waals surface area contributed by atoms with Crippen LogP contribution in [0.5, 0.6) is 0 Å². The predicted octanol–water partition coefficient (Wildman–Crippen LogP) is 2.59. The van der Waals surface area contributed by atoms with Gasteiger partial charge in [-0.05, 0) is 44.2 Å². The highest BCUT2D eigenvalue weighted by Gasteiger charge is 2.16. The van der Waals surface area contributed by atoms with Crippen molar-refractivity contribution < 1.29 is 0 Å². The smallest absolute Gasteiger partial charge is 0.00172 e. The summed E-state index contributed by atoms with van der Waals surface area (Å²) in [5.74, 6) is 1.64. The third-order valence-electron chi connectivity index (χ3n) is 2.47. The third kappa shape index (κ3) is 3.40. The summed E-state index contributed by atoms with van der Waals surface area (Å²) >= 11 is 0. The molecule has 0 amide bonds. The minimum absolute atomic E-state index is 0.773. The Morgan fingerprint density at radius 2 is 2.33 bits per heavy atom. The highest BCUT2D eigenvalue weighted by molar-refractivity contribution is 5.02. The first-order valence-electron chi connectivity index (χ1n) is 5.06. The maximum Gasteiger partial charge on any atom is -0.00172 e. The van der Waals surface area contributed by atoms with Crippen LogP contribution in [0.15, 0.2) is 12.2 Å². The summed E-state index contributed by atoms with van der Waals surface area (Å²) in [6.45, 7) is 10.9. The van der Waals surface area contributed by atoms with Crippen LogP contribution in [0.3, 0.4) is 0 Å². The van der Waals surface area contributed by atoms with Gasteiger partial charge in [0.15, 0.2) is 0 Å². The van der Waals surface area contributed by atoms with E-state index in [1.165, 1.54) is 31.4 Å². The fourth-order valence-electron chi connectivity index (χ4n) is 1.77. The van der Waals surface area contributed by atoms with E-state index in [-0.39, 0.29) is 0 Å². The van der Waals surface area contributed by atoms with Crippen molar-refractivity contribution in [3.05, 3.63) is 12.2 Å². The number of allylic oxidation sites excluding steroid dienone is 1. The first-order valence-corrected chi connectivity index (χ1v) is 5.06. The van der Waals surface area contributed by atoms with Gasteiger partial charge in [0.2, 0.25) is 0 Å². The molecule has 0 saturated heterocycles. The van der Waals surface area contributed by atoms with Gasteiger partial charge in [-0.15, -0.1) is 0 Å². The average Bonchev–Trinajstić information content (AvgIpc) is 2.35. The molecule has 0 bridgehead atoms. The Balaban J connectivity index is 2.04. The van der Waals surface area contributed by atoms with Gasteiger partial charge in [-0.25, -0.2) is 0 Å². The lowest BCUT2D eigenvalue weighted by molar-refractivity contribution is 0.462. The van der Waals surface area contributed by atoms with Crippen LogP contribution in [0.2, 0.25) is 0 Å². The van der Waals surface area contributed by atoms with E-state index in [0.29, 0.717) is 0 Å². The lowest BCUT2D eigenvalue weighted by Crippen LogP contribution is -2.25. The van der Waals surface area contributed by atoms with Crippen LogP contribution in [0.1, 0.15) is 33.1 Å². The van der Waals surface area contributed by atoms with Crippen molar-refractivity contribution in [1.82, 2.24) is 5.32 Å². The molecule has 0 unspecified atom stereocenters. The molecule has 70 valence electrons. The molecule has 1 aliphatic carbocycles. The fourth-order valence-corrected chi connectivity index (χ4v) is 1.77. The Labute approximate surface area is 76.2 Å². The SMILES string of the molecule is C=C1CC[C@@H](CNCC(C)C)C1. The number of hydrogen-bond donors (Lipinski definition) is 1. The van der Waals surface area contributed by atoms with E-state index in [9.17, 15) is 0 Å². The van der Waals surface area contributed by atoms with Gasteiger partial charge in [0, 0.05) is 0 Å². The molecule has 1 N–H and O–H groups in total. The average molecular weight is 167 g/mol. The molecule has 1 rings (SSSR count). The third-order valence-corrected chi connectivity index (χ3v) is 2.47. The number of rotatable bonds is 4. The van der Waals surface area contributed by atoms with Crippen molar-refractivity contribution in [3.63, 3.8) is 0 Å². The minimum atomic E-state index is 0.773. The molecule has 1 fully saturated rings. The van der Waals surface area contributed by atoms with Gasteiger partial charge in [0.1, 0.15) is 0 Å². The van der Waals surface area contributed by atoms with Crippen molar-refractivity contribution in [1.29, 1.82) is 0 Å². The Bertz CT molecular complexity index is 149. The van der Waals surface area contributed by atoms with Gasteiger partial charge < -0.3 is 5.32 Å². The molecule has 1 atom stereocenters. The van der Waals surface area contributed by atoms with Crippen molar-refractivity contribution in [2.45, 2.75) is 33.1 Å². The molecule has 0 aromatic rings. The second-order valence-corrected chi connectivity index (χ2v) is 4.41. The van der Waals surface area contributed by atoms with Gasteiger partial charge in [0.05, 0.1) is 0 Å². The summed E-state index contributed by atoms with van der Waals surface area (Å²) in [6, 6.07) is 0. The van der Waals surface area contributed by atoms with Gasteiger partial charge in [0.25, 0.3) is 0 Å². The zero-order valence-electron chi connectivity index (χ0n) is 8.40. The fraction of sp³-hybridized carbons (Fsp3) is 0.818. The number of nitrogens with one attached hydrogen (secondary N) is 1. The first-order chi connectivity index (χ1) is 5.68. The van der Waals surface area contributed by atoms with Crippen molar-refractivity contribution in [2.75, 3.05) is 13.1 Å². The maximum atomic E-state index is 4.02. The van der Waals surface area contributed by atoms with E-state index in [1.807, 2.05) is 0 Å². The largest absolute Gasteiger partial charge is 0.316 e. The molecular weight excluding hydrogens is 146 g/mol. The summed E-state index contributed by atoms with van der Waals surface area (Å²) in [6.07, 6.45) is 3.86. The summed E-state index contributed by atoms with van der Waals surface area (Å²) < 4.78 is 0. The Morgan fingerprint density at radius 1 is 1.58 bits per heavy atom. The Morgan fingerprint density at radius 3 is 2.83 bits per heavy atom. The molecule has 0 aromatic heterocycles. The van der Waals surface area contributed by atoms with E-state index in [2.05, 4.69) is 25.7 Å². The van der Waals surface area contributed by atoms with Crippen LogP contribution in [-0.2, 0) is 0 Å². The summed E-state index contributed by atoms with van der Waals surface area (Å²) in [4.78, 5) is 0. The Kier molecular flexibility index (Phi) is 3.80. The first kappa shape index (κ1) is 9.79. The van der Waals surface area contributed by atoms with Gasteiger partial charge in [-0.3, -0.25) is 0 Å². The van der Waals surface area contributed by atoms with Crippen LogP contribution >= 0.6 is 0 Å². The molecule has 12 heavy (non-hydrogen) atoms. The normalized spacial score (nSPS) is 23.9. The van der Waals surface area contributed by atoms with Crippen molar-refractivity contribution >= 4 is 0 Å². The monoisotopic (exact) mass is 167 g/mol. The second-order valence-electron chi connectivity index (χ2n) is 4.41. The van der Waals surface area contributed by atoms with Crippen LogP contribution in [0, 0.1) is 11.8 Å². The molecule has 1 aliphatic rings. The van der Waals surface area contributed by atoms with E-state index >= 15 is 0 Å². The molecule has 1 heteroatoms. The zero-order chi connectivity index (χ0) is 8.97. The van der Waals surface area contributed by atoms with Gasteiger partial charge in [-0.2, -0.15) is 0 Å². The van der Waals surface area contributed by atoms with E-state index in [0.717, 1.165) is 18.4 Å². The zero-order valence-corrected chi connectivity index (χ0v) is 8.40. The topological polar surface area (TPSA) is 12.0 Å². The minimum Gasteiger partial charge on any atom is -0.316 e. The second kappa shape index (κ2) is 4.66. The van der Waals surface area contributed by atoms with Crippen LogP contribution in [0.25, 0.3) is 0 Å². The molecule has 0 spiro atoms. The standard InChI is InChI=1S/C11H21N/c1-9(2)7-12-8-11-5-4-10(3)6-11/h9,11-12H,3-8H2,1-2H3/t11-/m1/s1. The van der Waals surface area contributed by atoms with Crippen LogP contribution in [-0.4, -0.2) is 13.1 Å².